The minimum Gasteiger partial charge on any atom is -0.493 e. The van der Waals surface area contributed by atoms with Crippen LogP contribution in [0.5, 0.6) is 11.5 Å². The molecular weight excluding hydrogens is 347 g/mol. The SMILES string of the molecule is COc1ccc(NC(=O)c2csc(CN)n2)cc1OCC(F)(F)F. The molecule has 2 rings (SSSR count). The Morgan fingerprint density at radius 1 is 1.38 bits per heavy atom. The zero-order chi connectivity index (χ0) is 17.7. The Labute approximate surface area is 139 Å². The first kappa shape index (κ1) is 18.0. The van der Waals surface area contributed by atoms with Crippen LogP contribution < -0.4 is 20.5 Å². The van der Waals surface area contributed by atoms with Crippen molar-refractivity contribution in [2.45, 2.75) is 12.7 Å². The molecule has 0 spiro atoms. The first-order chi connectivity index (χ1) is 11.3. The van der Waals surface area contributed by atoms with Crippen LogP contribution in [-0.2, 0) is 6.54 Å². The lowest BCUT2D eigenvalue weighted by Crippen LogP contribution is -2.19. The van der Waals surface area contributed by atoms with Crippen LogP contribution >= 0.6 is 11.3 Å². The molecule has 1 heterocycles. The first-order valence-electron chi connectivity index (χ1n) is 6.66. The Balaban J connectivity index is 2.13. The number of rotatable bonds is 6. The van der Waals surface area contributed by atoms with E-state index in [-0.39, 0.29) is 29.4 Å². The minimum absolute atomic E-state index is 0.122. The van der Waals surface area contributed by atoms with Crippen molar-refractivity contribution in [1.82, 2.24) is 4.98 Å². The molecule has 3 N–H and O–H groups in total. The number of nitrogens with one attached hydrogen (secondary N) is 1. The number of nitrogens with two attached hydrogens (primary N) is 1. The van der Waals surface area contributed by atoms with E-state index in [0.29, 0.717) is 5.01 Å². The second kappa shape index (κ2) is 7.49. The number of methoxy groups -OCH3 is 1. The van der Waals surface area contributed by atoms with Crippen molar-refractivity contribution in [2.24, 2.45) is 5.73 Å². The van der Waals surface area contributed by atoms with Gasteiger partial charge in [0, 0.05) is 23.7 Å². The van der Waals surface area contributed by atoms with E-state index in [9.17, 15) is 18.0 Å². The summed E-state index contributed by atoms with van der Waals surface area (Å²) in [6, 6.07) is 4.12. The molecule has 0 aliphatic carbocycles. The van der Waals surface area contributed by atoms with Gasteiger partial charge in [-0.1, -0.05) is 0 Å². The summed E-state index contributed by atoms with van der Waals surface area (Å²) in [5.41, 5.74) is 5.86. The van der Waals surface area contributed by atoms with Crippen molar-refractivity contribution in [1.29, 1.82) is 0 Å². The number of carbonyl (C=O) groups excluding carboxylic acids is 1. The van der Waals surface area contributed by atoms with Crippen LogP contribution in [-0.4, -0.2) is 30.8 Å². The van der Waals surface area contributed by atoms with E-state index in [4.69, 9.17) is 15.2 Å². The van der Waals surface area contributed by atoms with Crippen LogP contribution in [0.3, 0.4) is 0 Å². The number of hydrogen-bond donors (Lipinski definition) is 2. The number of carbonyl (C=O) groups is 1. The predicted octanol–water partition coefficient (Wildman–Crippen LogP) is 2.80. The van der Waals surface area contributed by atoms with Crippen molar-refractivity contribution in [3.8, 4) is 11.5 Å². The van der Waals surface area contributed by atoms with Gasteiger partial charge in [-0.25, -0.2) is 4.98 Å². The molecule has 10 heteroatoms. The van der Waals surface area contributed by atoms with Gasteiger partial charge in [-0.3, -0.25) is 4.79 Å². The highest BCUT2D eigenvalue weighted by Gasteiger charge is 2.29. The topological polar surface area (TPSA) is 86.5 Å². The van der Waals surface area contributed by atoms with E-state index < -0.39 is 18.7 Å². The van der Waals surface area contributed by atoms with Gasteiger partial charge in [0.15, 0.2) is 18.1 Å². The van der Waals surface area contributed by atoms with Gasteiger partial charge in [0.05, 0.1) is 7.11 Å². The Bertz CT molecular complexity index is 719. The monoisotopic (exact) mass is 361 g/mol. The number of hydrogen-bond acceptors (Lipinski definition) is 6. The van der Waals surface area contributed by atoms with Crippen LogP contribution in [0.2, 0.25) is 0 Å². The summed E-state index contributed by atoms with van der Waals surface area (Å²) in [6.07, 6.45) is -4.48. The molecule has 1 aromatic heterocycles. The largest absolute Gasteiger partial charge is 0.493 e. The van der Waals surface area contributed by atoms with Gasteiger partial charge in [-0.2, -0.15) is 13.2 Å². The quantitative estimate of drug-likeness (QED) is 0.826. The third-order valence-corrected chi connectivity index (χ3v) is 3.64. The number of amides is 1. The maximum Gasteiger partial charge on any atom is 0.422 e. The van der Waals surface area contributed by atoms with Crippen LogP contribution in [0.25, 0.3) is 0 Å². The van der Waals surface area contributed by atoms with Gasteiger partial charge in [0.1, 0.15) is 10.7 Å². The van der Waals surface area contributed by atoms with Gasteiger partial charge in [0.25, 0.3) is 5.91 Å². The van der Waals surface area contributed by atoms with E-state index >= 15 is 0 Å². The molecule has 0 aliphatic rings. The van der Waals surface area contributed by atoms with Crippen LogP contribution in [0, 0.1) is 0 Å². The van der Waals surface area contributed by atoms with E-state index in [1.807, 2.05) is 0 Å². The van der Waals surface area contributed by atoms with Crippen LogP contribution in [0.4, 0.5) is 18.9 Å². The molecule has 0 saturated heterocycles. The molecule has 24 heavy (non-hydrogen) atoms. The van der Waals surface area contributed by atoms with Crippen LogP contribution in [0.15, 0.2) is 23.6 Å². The molecule has 0 fully saturated rings. The molecule has 0 unspecified atom stereocenters. The van der Waals surface area contributed by atoms with Crippen molar-refractivity contribution in [3.63, 3.8) is 0 Å². The maximum absolute atomic E-state index is 12.3. The molecule has 1 amide bonds. The van der Waals surface area contributed by atoms with Crippen LogP contribution in [0.1, 0.15) is 15.5 Å². The number of benzene rings is 1. The molecule has 0 saturated carbocycles. The maximum atomic E-state index is 12.3. The van der Waals surface area contributed by atoms with Gasteiger partial charge >= 0.3 is 6.18 Å². The van der Waals surface area contributed by atoms with Crippen molar-refractivity contribution in [2.75, 3.05) is 19.0 Å². The van der Waals surface area contributed by atoms with Gasteiger partial charge in [0.2, 0.25) is 0 Å². The number of anilines is 1. The summed E-state index contributed by atoms with van der Waals surface area (Å²) in [7, 11) is 1.30. The Morgan fingerprint density at radius 2 is 2.12 bits per heavy atom. The molecule has 0 radical (unpaired) electrons. The normalized spacial score (nSPS) is 11.2. The predicted molar refractivity (Wildman–Crippen MR) is 82.5 cm³/mol. The number of aromatic nitrogens is 1. The zero-order valence-corrected chi connectivity index (χ0v) is 13.3. The van der Waals surface area contributed by atoms with E-state index in [1.54, 1.807) is 5.38 Å². The second-order valence-electron chi connectivity index (χ2n) is 4.55. The lowest BCUT2D eigenvalue weighted by molar-refractivity contribution is -0.153. The molecule has 0 aliphatic heterocycles. The summed E-state index contributed by atoms with van der Waals surface area (Å²) in [5.74, 6) is -0.511. The fourth-order valence-electron chi connectivity index (χ4n) is 1.73. The van der Waals surface area contributed by atoms with Crippen molar-refractivity contribution < 1.29 is 27.4 Å². The van der Waals surface area contributed by atoms with Gasteiger partial charge in [-0.05, 0) is 12.1 Å². The fraction of sp³-hybridized carbons (Fsp3) is 0.286. The fourth-order valence-corrected chi connectivity index (χ4v) is 2.39. The number of ether oxygens (including phenoxy) is 2. The molecule has 1 aromatic carbocycles. The molecule has 0 bridgehead atoms. The molecule has 130 valence electrons. The molecule has 2 aromatic rings. The Morgan fingerprint density at radius 3 is 2.71 bits per heavy atom. The number of nitrogens with zero attached hydrogens (tertiary/aromatic N) is 1. The standard InChI is InChI=1S/C14H14F3N3O3S/c1-22-10-3-2-8(4-11(10)23-7-14(15,16)17)19-13(21)9-6-24-12(5-18)20-9/h2-4,6H,5,7,18H2,1H3,(H,19,21). The van der Waals surface area contributed by atoms with E-state index in [1.165, 1.54) is 36.6 Å². The zero-order valence-electron chi connectivity index (χ0n) is 12.5. The molecular formula is C14H14F3N3O3S. The highest BCUT2D eigenvalue weighted by molar-refractivity contribution is 7.09. The number of halogens is 3. The summed E-state index contributed by atoms with van der Waals surface area (Å²) in [4.78, 5) is 16.1. The van der Waals surface area contributed by atoms with Crippen molar-refractivity contribution in [3.05, 3.63) is 34.3 Å². The second-order valence-corrected chi connectivity index (χ2v) is 5.50. The summed E-state index contributed by atoms with van der Waals surface area (Å²) >= 11 is 1.24. The summed E-state index contributed by atoms with van der Waals surface area (Å²) < 4.78 is 46.5. The minimum atomic E-state index is -4.48. The van der Waals surface area contributed by atoms with Gasteiger partial charge in [-0.15, -0.1) is 11.3 Å². The Hall–Kier alpha value is -2.33. The third-order valence-electron chi connectivity index (χ3n) is 2.77. The Kier molecular flexibility index (Phi) is 5.62. The summed E-state index contributed by atoms with van der Waals surface area (Å²) in [6.45, 7) is -1.25. The molecule has 0 atom stereocenters. The van der Waals surface area contributed by atoms with E-state index in [2.05, 4.69) is 10.3 Å². The van der Waals surface area contributed by atoms with Gasteiger partial charge < -0.3 is 20.5 Å². The highest BCUT2D eigenvalue weighted by Crippen LogP contribution is 2.31. The third kappa shape index (κ3) is 4.83. The van der Waals surface area contributed by atoms with Crippen molar-refractivity contribution >= 4 is 22.9 Å². The number of thiazole rings is 1. The lowest BCUT2D eigenvalue weighted by Gasteiger charge is -2.14. The number of alkyl halides is 3. The van der Waals surface area contributed by atoms with E-state index in [0.717, 1.165) is 0 Å². The summed E-state index contributed by atoms with van der Waals surface area (Å²) in [5, 5.41) is 4.68. The average Bonchev–Trinajstić information content (AvgIpc) is 3.01. The first-order valence-corrected chi connectivity index (χ1v) is 7.53. The average molecular weight is 361 g/mol. The highest BCUT2D eigenvalue weighted by atomic mass is 32.1. The lowest BCUT2D eigenvalue weighted by atomic mass is 10.2. The molecule has 6 nitrogen and oxygen atoms in total. The smallest absolute Gasteiger partial charge is 0.422 e.